The van der Waals surface area contributed by atoms with Crippen molar-refractivity contribution in [1.29, 1.82) is 0 Å². The minimum absolute atomic E-state index is 0.160. The van der Waals surface area contributed by atoms with Crippen molar-refractivity contribution in [3.63, 3.8) is 0 Å². The quantitative estimate of drug-likeness (QED) is 0.903. The van der Waals surface area contributed by atoms with Crippen LogP contribution in [0.4, 0.5) is 0 Å². The maximum absolute atomic E-state index is 12.0. The zero-order chi connectivity index (χ0) is 13.2. The van der Waals surface area contributed by atoms with Crippen molar-refractivity contribution in [1.82, 2.24) is 19.5 Å². The molecule has 6 nitrogen and oxygen atoms in total. The minimum atomic E-state index is -3.54. The molecule has 1 N–H and O–H groups in total. The van der Waals surface area contributed by atoms with Crippen LogP contribution in [0.2, 0.25) is 4.47 Å². The second-order valence-corrected chi connectivity index (χ2v) is 7.05. The predicted molar refractivity (Wildman–Crippen MR) is 69.3 cm³/mol. The summed E-state index contributed by atoms with van der Waals surface area (Å²) in [6.07, 6.45) is 3.41. The van der Waals surface area contributed by atoms with Crippen LogP contribution in [0.1, 0.15) is 5.69 Å². The van der Waals surface area contributed by atoms with Crippen LogP contribution >= 0.6 is 22.9 Å². The molecule has 0 bridgehead atoms. The summed E-state index contributed by atoms with van der Waals surface area (Å²) < 4.78 is 28.5. The Morgan fingerprint density at radius 2 is 2.33 bits per heavy atom. The fraction of sp³-hybridized carbons (Fsp3) is 0.333. The van der Waals surface area contributed by atoms with E-state index in [1.54, 1.807) is 30.1 Å². The smallest absolute Gasteiger partial charge is 0.252 e. The van der Waals surface area contributed by atoms with E-state index in [9.17, 15) is 8.42 Å². The first-order valence-electron chi connectivity index (χ1n) is 5.09. The first kappa shape index (κ1) is 13.5. The molecule has 2 aromatic heterocycles. The molecule has 0 radical (unpaired) electrons. The van der Waals surface area contributed by atoms with Crippen LogP contribution in [0.3, 0.4) is 0 Å². The Balaban J connectivity index is 2.02. The molecule has 0 aliphatic rings. The van der Waals surface area contributed by atoms with E-state index in [0.717, 1.165) is 11.3 Å². The Labute approximate surface area is 114 Å². The molecular formula is C9H11ClN4O2S2. The van der Waals surface area contributed by atoms with Crippen LogP contribution in [0.5, 0.6) is 0 Å². The molecule has 0 aliphatic carbocycles. The van der Waals surface area contributed by atoms with Crippen molar-refractivity contribution in [3.05, 3.63) is 28.6 Å². The summed E-state index contributed by atoms with van der Waals surface area (Å²) >= 11 is 6.64. The zero-order valence-electron chi connectivity index (χ0n) is 9.50. The number of aryl methyl sites for hydroxylation is 1. The highest BCUT2D eigenvalue weighted by Gasteiger charge is 2.20. The molecule has 0 spiro atoms. The van der Waals surface area contributed by atoms with Crippen molar-refractivity contribution in [2.24, 2.45) is 0 Å². The van der Waals surface area contributed by atoms with Crippen LogP contribution in [-0.2, 0) is 16.6 Å². The van der Waals surface area contributed by atoms with Crippen molar-refractivity contribution in [2.75, 3.05) is 6.54 Å². The molecule has 2 aromatic rings. The van der Waals surface area contributed by atoms with Gasteiger partial charge in [-0.25, -0.2) is 18.1 Å². The van der Waals surface area contributed by atoms with Crippen LogP contribution < -0.4 is 4.72 Å². The summed E-state index contributed by atoms with van der Waals surface area (Å²) in [6, 6.07) is 1.78. The Morgan fingerprint density at radius 3 is 2.89 bits per heavy atom. The number of aromatic nitrogens is 3. The number of nitrogens with one attached hydrogen (secondary N) is 1. The van der Waals surface area contributed by atoms with Crippen molar-refractivity contribution in [2.45, 2.75) is 17.7 Å². The highest BCUT2D eigenvalue weighted by atomic mass is 35.5. The Hall–Kier alpha value is -0.960. The third-order valence-corrected chi connectivity index (χ3v) is 5.50. The van der Waals surface area contributed by atoms with E-state index < -0.39 is 10.0 Å². The number of halogens is 1. The van der Waals surface area contributed by atoms with Gasteiger partial charge in [0.1, 0.15) is 0 Å². The lowest BCUT2D eigenvalue weighted by Gasteiger charge is -2.05. The summed E-state index contributed by atoms with van der Waals surface area (Å²) in [5, 5.41) is 3.98. The van der Waals surface area contributed by atoms with Gasteiger partial charge in [0.2, 0.25) is 0 Å². The first-order chi connectivity index (χ1) is 8.49. The average Bonchev–Trinajstić information content (AvgIpc) is 2.88. The van der Waals surface area contributed by atoms with E-state index in [1.807, 2.05) is 0 Å². The van der Waals surface area contributed by atoms with Gasteiger partial charge in [0.05, 0.1) is 12.2 Å². The maximum atomic E-state index is 12.0. The van der Waals surface area contributed by atoms with Gasteiger partial charge >= 0.3 is 0 Å². The molecule has 98 valence electrons. The van der Waals surface area contributed by atoms with E-state index >= 15 is 0 Å². The molecule has 0 amide bonds. The molecule has 0 aromatic carbocycles. The van der Waals surface area contributed by atoms with Crippen LogP contribution in [0.15, 0.2) is 22.7 Å². The normalized spacial score (nSPS) is 11.9. The minimum Gasteiger partial charge on any atom is -0.271 e. The lowest BCUT2D eigenvalue weighted by atomic mass is 10.6. The highest BCUT2D eigenvalue weighted by molar-refractivity contribution is 7.91. The summed E-state index contributed by atoms with van der Waals surface area (Å²) in [4.78, 5) is 3.88. The van der Waals surface area contributed by atoms with Gasteiger partial charge in [0.25, 0.3) is 10.0 Å². The molecule has 0 atom stereocenters. The standard InChI is InChI=1S/C9H11ClN4O2S2/c1-7-8(17-9(10)13-7)18(15,16)12-4-6-14-5-2-3-11-14/h2-3,5,12H,4,6H2,1H3. The summed E-state index contributed by atoms with van der Waals surface area (Å²) in [5.41, 5.74) is 0.414. The van der Waals surface area contributed by atoms with Gasteiger partial charge in [-0.05, 0) is 13.0 Å². The van der Waals surface area contributed by atoms with Crippen molar-refractivity contribution in [3.8, 4) is 0 Å². The lowest BCUT2D eigenvalue weighted by molar-refractivity contribution is 0.562. The molecule has 2 heterocycles. The Bertz CT molecular complexity index is 621. The first-order valence-corrected chi connectivity index (χ1v) is 7.77. The van der Waals surface area contributed by atoms with E-state index in [-0.39, 0.29) is 15.2 Å². The van der Waals surface area contributed by atoms with Crippen LogP contribution in [0.25, 0.3) is 0 Å². The average molecular weight is 307 g/mol. The fourth-order valence-electron chi connectivity index (χ4n) is 1.39. The highest BCUT2D eigenvalue weighted by Crippen LogP contribution is 2.26. The molecule has 0 aliphatic heterocycles. The predicted octanol–water partition coefficient (Wildman–Crippen LogP) is 1.28. The topological polar surface area (TPSA) is 76.9 Å². The molecule has 2 rings (SSSR count). The second-order valence-electron chi connectivity index (χ2n) is 3.51. The monoisotopic (exact) mass is 306 g/mol. The van der Waals surface area contributed by atoms with Gasteiger partial charge in [-0.3, -0.25) is 4.68 Å². The largest absolute Gasteiger partial charge is 0.271 e. The maximum Gasteiger partial charge on any atom is 0.252 e. The van der Waals surface area contributed by atoms with Gasteiger partial charge in [-0.1, -0.05) is 22.9 Å². The number of rotatable bonds is 5. The summed E-state index contributed by atoms with van der Waals surface area (Å²) in [7, 11) is -3.54. The fourth-order valence-corrected chi connectivity index (χ4v) is 4.20. The molecular weight excluding hydrogens is 296 g/mol. The molecule has 18 heavy (non-hydrogen) atoms. The van der Waals surface area contributed by atoms with Gasteiger partial charge in [0, 0.05) is 18.9 Å². The van der Waals surface area contributed by atoms with Gasteiger partial charge in [-0.2, -0.15) is 5.10 Å². The van der Waals surface area contributed by atoms with E-state index in [4.69, 9.17) is 11.6 Å². The lowest BCUT2D eigenvalue weighted by Crippen LogP contribution is -2.27. The van der Waals surface area contributed by atoms with Crippen molar-refractivity contribution < 1.29 is 8.42 Å². The molecule has 0 saturated heterocycles. The number of sulfonamides is 1. The second kappa shape index (κ2) is 5.35. The third kappa shape index (κ3) is 3.08. The number of thiazole rings is 1. The molecule has 9 heteroatoms. The number of hydrogen-bond acceptors (Lipinski definition) is 5. The molecule has 0 unspecified atom stereocenters. The third-order valence-electron chi connectivity index (χ3n) is 2.16. The van der Waals surface area contributed by atoms with Gasteiger partial charge in [-0.15, -0.1) is 0 Å². The van der Waals surface area contributed by atoms with E-state index in [2.05, 4.69) is 14.8 Å². The van der Waals surface area contributed by atoms with Gasteiger partial charge < -0.3 is 0 Å². The van der Waals surface area contributed by atoms with Crippen LogP contribution in [0, 0.1) is 6.92 Å². The SMILES string of the molecule is Cc1nc(Cl)sc1S(=O)(=O)NCCn1cccn1. The Morgan fingerprint density at radius 1 is 1.56 bits per heavy atom. The zero-order valence-corrected chi connectivity index (χ0v) is 11.9. The van der Waals surface area contributed by atoms with E-state index in [1.165, 1.54) is 0 Å². The number of hydrogen-bond donors (Lipinski definition) is 1. The molecule has 0 fully saturated rings. The molecule has 0 saturated carbocycles. The van der Waals surface area contributed by atoms with Crippen LogP contribution in [-0.4, -0.2) is 29.7 Å². The summed E-state index contributed by atoms with van der Waals surface area (Å²) in [6.45, 7) is 2.35. The number of nitrogens with zero attached hydrogens (tertiary/aromatic N) is 3. The Kier molecular flexibility index (Phi) is 4.00. The van der Waals surface area contributed by atoms with E-state index in [0.29, 0.717) is 12.2 Å². The van der Waals surface area contributed by atoms with Crippen molar-refractivity contribution >= 4 is 33.0 Å². The summed E-state index contributed by atoms with van der Waals surface area (Å²) in [5.74, 6) is 0. The van der Waals surface area contributed by atoms with Gasteiger partial charge in [0.15, 0.2) is 8.68 Å².